The molecule has 7 heteroatoms. The lowest BCUT2D eigenvalue weighted by molar-refractivity contribution is 0.385. The highest BCUT2D eigenvalue weighted by Gasteiger charge is 2.23. The van der Waals surface area contributed by atoms with Gasteiger partial charge in [-0.25, -0.2) is 0 Å². The van der Waals surface area contributed by atoms with E-state index in [1.807, 2.05) is 25.1 Å². The molecule has 0 aromatic carbocycles. The van der Waals surface area contributed by atoms with E-state index >= 15 is 0 Å². The van der Waals surface area contributed by atoms with Gasteiger partial charge in [0.15, 0.2) is 0 Å². The smallest absolute Gasteiger partial charge is 0.281 e. The molecule has 1 rings (SSSR count). The molecule has 0 amide bonds. The second-order valence-electron chi connectivity index (χ2n) is 4.50. The van der Waals surface area contributed by atoms with Gasteiger partial charge in [0.05, 0.1) is 12.2 Å². The lowest BCUT2D eigenvalue weighted by Crippen LogP contribution is -2.40. The van der Waals surface area contributed by atoms with Gasteiger partial charge in [0.1, 0.15) is 0 Å². The molecule has 1 heterocycles. The average molecular weight is 286 g/mol. The molecule has 1 aromatic heterocycles. The number of nitrogens with two attached hydrogens (primary N) is 1. The van der Waals surface area contributed by atoms with Crippen molar-refractivity contribution in [2.75, 3.05) is 27.2 Å². The highest BCUT2D eigenvalue weighted by atomic mass is 32.2. The van der Waals surface area contributed by atoms with E-state index in [1.165, 1.54) is 8.61 Å². The molecule has 0 atom stereocenters. The van der Waals surface area contributed by atoms with Crippen molar-refractivity contribution < 1.29 is 8.42 Å². The molecule has 0 radical (unpaired) electrons. The number of aryl methyl sites for hydroxylation is 1. The lowest BCUT2D eigenvalue weighted by atomic mass is 10.3. The van der Waals surface area contributed by atoms with Crippen molar-refractivity contribution in [2.45, 2.75) is 19.9 Å². The summed E-state index contributed by atoms with van der Waals surface area (Å²) >= 11 is 0. The van der Waals surface area contributed by atoms with Crippen LogP contribution in [0.1, 0.15) is 17.8 Å². The topological polar surface area (TPSA) is 79.5 Å². The molecule has 0 fully saturated rings. The van der Waals surface area contributed by atoms with Crippen molar-refractivity contribution in [2.24, 2.45) is 5.73 Å². The molecule has 19 heavy (non-hydrogen) atoms. The molecule has 6 nitrogen and oxygen atoms in total. The third-order valence-electron chi connectivity index (χ3n) is 2.80. The number of pyridine rings is 1. The first kappa shape index (κ1) is 16.0. The number of hydrogen-bond acceptors (Lipinski definition) is 4. The molecule has 0 saturated carbocycles. The van der Waals surface area contributed by atoms with E-state index in [2.05, 4.69) is 4.98 Å². The van der Waals surface area contributed by atoms with Crippen LogP contribution in [-0.2, 0) is 16.8 Å². The molecular formula is C12H22N4O2S. The van der Waals surface area contributed by atoms with Crippen LogP contribution >= 0.6 is 0 Å². The van der Waals surface area contributed by atoms with Gasteiger partial charge in [-0.1, -0.05) is 6.07 Å². The second-order valence-corrected chi connectivity index (χ2v) is 6.64. The summed E-state index contributed by atoms with van der Waals surface area (Å²) < 4.78 is 27.0. The second kappa shape index (κ2) is 6.95. The van der Waals surface area contributed by atoms with Crippen molar-refractivity contribution in [3.63, 3.8) is 0 Å². The van der Waals surface area contributed by atoms with Crippen LogP contribution in [0.2, 0.25) is 0 Å². The largest absolute Gasteiger partial charge is 0.330 e. The van der Waals surface area contributed by atoms with E-state index in [0.29, 0.717) is 19.5 Å². The Kier molecular flexibility index (Phi) is 5.86. The Bertz CT molecular complexity index is 504. The van der Waals surface area contributed by atoms with Crippen LogP contribution in [0.3, 0.4) is 0 Å². The number of aromatic nitrogens is 1. The summed E-state index contributed by atoms with van der Waals surface area (Å²) in [4.78, 5) is 4.30. The maximum Gasteiger partial charge on any atom is 0.281 e. The third-order valence-corrected chi connectivity index (χ3v) is 4.68. The molecule has 0 aliphatic heterocycles. The van der Waals surface area contributed by atoms with Gasteiger partial charge >= 0.3 is 0 Å². The predicted octanol–water partition coefficient (Wildman–Crippen LogP) is 0.347. The maximum atomic E-state index is 12.2. The maximum absolute atomic E-state index is 12.2. The van der Waals surface area contributed by atoms with Gasteiger partial charge in [-0.15, -0.1) is 0 Å². The fraction of sp³-hybridized carbons (Fsp3) is 0.583. The van der Waals surface area contributed by atoms with Gasteiger partial charge in [0.25, 0.3) is 10.2 Å². The Morgan fingerprint density at radius 3 is 2.53 bits per heavy atom. The Labute approximate surface area is 115 Å². The standard InChI is InChI=1S/C12H22N4O2S/c1-11-6-4-7-12(14-11)10-16(3)19(17,18)15(2)9-5-8-13/h4,6-7H,5,8-10,13H2,1-3H3. The summed E-state index contributed by atoms with van der Waals surface area (Å²) in [5.74, 6) is 0. The van der Waals surface area contributed by atoms with E-state index in [0.717, 1.165) is 11.4 Å². The molecule has 0 aliphatic carbocycles. The minimum Gasteiger partial charge on any atom is -0.330 e. The zero-order chi connectivity index (χ0) is 14.5. The summed E-state index contributed by atoms with van der Waals surface area (Å²) in [6.45, 7) is 3.04. The highest BCUT2D eigenvalue weighted by molar-refractivity contribution is 7.86. The number of hydrogen-bond donors (Lipinski definition) is 1. The van der Waals surface area contributed by atoms with Crippen molar-refractivity contribution in [1.29, 1.82) is 0 Å². The van der Waals surface area contributed by atoms with Crippen molar-refractivity contribution >= 4 is 10.2 Å². The van der Waals surface area contributed by atoms with Crippen LogP contribution in [0, 0.1) is 6.92 Å². The summed E-state index contributed by atoms with van der Waals surface area (Å²) in [5, 5.41) is 0. The van der Waals surface area contributed by atoms with E-state index in [1.54, 1.807) is 14.1 Å². The molecule has 0 aliphatic rings. The zero-order valence-electron chi connectivity index (χ0n) is 11.7. The molecule has 108 valence electrons. The minimum atomic E-state index is -3.45. The van der Waals surface area contributed by atoms with Crippen LogP contribution in [0.5, 0.6) is 0 Å². The molecular weight excluding hydrogens is 264 g/mol. The minimum absolute atomic E-state index is 0.261. The molecule has 0 spiro atoms. The first-order valence-corrected chi connectivity index (χ1v) is 7.58. The zero-order valence-corrected chi connectivity index (χ0v) is 12.5. The van der Waals surface area contributed by atoms with E-state index in [4.69, 9.17) is 5.73 Å². The van der Waals surface area contributed by atoms with Crippen LogP contribution in [0.4, 0.5) is 0 Å². The predicted molar refractivity (Wildman–Crippen MR) is 75.7 cm³/mol. The number of rotatable bonds is 7. The van der Waals surface area contributed by atoms with Crippen LogP contribution < -0.4 is 5.73 Å². The summed E-state index contributed by atoms with van der Waals surface area (Å²) in [7, 11) is -0.337. The van der Waals surface area contributed by atoms with Crippen molar-refractivity contribution in [3.8, 4) is 0 Å². The van der Waals surface area contributed by atoms with Gasteiger partial charge in [0, 0.05) is 26.3 Å². The van der Waals surface area contributed by atoms with E-state index in [-0.39, 0.29) is 6.54 Å². The SMILES string of the molecule is Cc1cccc(CN(C)S(=O)(=O)N(C)CCCN)n1. The molecule has 2 N–H and O–H groups in total. The number of nitrogens with zero attached hydrogens (tertiary/aromatic N) is 3. The Morgan fingerprint density at radius 2 is 1.95 bits per heavy atom. The molecule has 1 aromatic rings. The van der Waals surface area contributed by atoms with Crippen LogP contribution in [0.15, 0.2) is 18.2 Å². The Hall–Kier alpha value is -1.02. The molecule has 0 bridgehead atoms. The van der Waals surface area contributed by atoms with Gasteiger partial charge in [-0.2, -0.15) is 17.0 Å². The molecule has 0 unspecified atom stereocenters. The summed E-state index contributed by atoms with van der Waals surface area (Å²) in [6.07, 6.45) is 0.645. The van der Waals surface area contributed by atoms with Gasteiger partial charge in [-0.3, -0.25) is 4.98 Å². The van der Waals surface area contributed by atoms with Gasteiger partial charge < -0.3 is 5.73 Å². The van der Waals surface area contributed by atoms with E-state index in [9.17, 15) is 8.42 Å². The average Bonchev–Trinajstić information content (AvgIpc) is 2.35. The summed E-state index contributed by atoms with van der Waals surface area (Å²) in [5.41, 5.74) is 7.00. The first-order valence-electron chi connectivity index (χ1n) is 6.18. The highest BCUT2D eigenvalue weighted by Crippen LogP contribution is 2.09. The van der Waals surface area contributed by atoms with Gasteiger partial charge in [-0.05, 0) is 32.0 Å². The Morgan fingerprint density at radius 1 is 1.26 bits per heavy atom. The summed E-state index contributed by atoms with van der Waals surface area (Å²) in [6, 6.07) is 5.57. The quantitative estimate of drug-likeness (QED) is 0.784. The Balaban J connectivity index is 2.73. The normalized spacial score (nSPS) is 12.3. The fourth-order valence-corrected chi connectivity index (χ4v) is 2.80. The molecule has 0 saturated heterocycles. The third kappa shape index (κ3) is 4.54. The van der Waals surface area contributed by atoms with E-state index < -0.39 is 10.2 Å². The first-order chi connectivity index (χ1) is 8.87. The van der Waals surface area contributed by atoms with Crippen molar-refractivity contribution in [3.05, 3.63) is 29.6 Å². The van der Waals surface area contributed by atoms with Crippen molar-refractivity contribution in [1.82, 2.24) is 13.6 Å². The van der Waals surface area contributed by atoms with Gasteiger partial charge in [0.2, 0.25) is 0 Å². The lowest BCUT2D eigenvalue weighted by Gasteiger charge is -2.24. The van der Waals surface area contributed by atoms with Crippen LogP contribution in [-0.4, -0.2) is 49.2 Å². The fourth-order valence-electron chi connectivity index (χ4n) is 1.66. The van der Waals surface area contributed by atoms with Crippen LogP contribution in [0.25, 0.3) is 0 Å². The monoisotopic (exact) mass is 286 g/mol.